The van der Waals surface area contributed by atoms with Gasteiger partial charge in [0.15, 0.2) is 0 Å². The topological polar surface area (TPSA) is 94.2 Å². The number of carbonyl (C=O) groups excluding carboxylic acids is 3. The molecule has 252 valence electrons. The number of hydrogen-bond acceptors (Lipinski definition) is 6. The Kier molecular flexibility index (Phi) is 10.6. The molecule has 1 aliphatic carbocycles. The first-order valence-corrected chi connectivity index (χ1v) is 15.9. The van der Waals surface area contributed by atoms with Crippen LogP contribution in [0.25, 0.3) is 0 Å². The zero-order chi connectivity index (χ0) is 33.9. The van der Waals surface area contributed by atoms with Gasteiger partial charge in [-0.3, -0.25) is 9.59 Å². The van der Waals surface area contributed by atoms with E-state index in [1.165, 1.54) is 17.0 Å². The van der Waals surface area contributed by atoms with Crippen LogP contribution in [0.1, 0.15) is 108 Å². The van der Waals surface area contributed by atoms with Gasteiger partial charge in [0.2, 0.25) is 5.91 Å². The molecule has 2 aromatic carbocycles. The van der Waals surface area contributed by atoms with E-state index in [1.807, 2.05) is 0 Å². The Morgan fingerprint density at radius 1 is 0.913 bits per heavy atom. The van der Waals surface area contributed by atoms with Gasteiger partial charge in [0.25, 0.3) is 0 Å². The van der Waals surface area contributed by atoms with E-state index in [-0.39, 0.29) is 24.6 Å². The van der Waals surface area contributed by atoms with Gasteiger partial charge in [0.05, 0.1) is 12.0 Å². The largest absolute Gasteiger partial charge is 0.489 e. The van der Waals surface area contributed by atoms with Crippen LogP contribution in [0.4, 0.5) is 23.7 Å². The number of esters is 1. The second kappa shape index (κ2) is 13.9. The monoisotopic (exact) mass is 646 g/mol. The molecule has 0 saturated heterocycles. The van der Waals surface area contributed by atoms with Crippen molar-refractivity contribution in [3.8, 4) is 5.75 Å². The fraction of sp³-hybridized carbons (Fsp3) is 0.571. The third kappa shape index (κ3) is 9.62. The zero-order valence-electron chi connectivity index (χ0n) is 27.5. The van der Waals surface area contributed by atoms with Crippen LogP contribution >= 0.6 is 0 Å². The van der Waals surface area contributed by atoms with Crippen LogP contribution in [0.2, 0.25) is 0 Å². The highest BCUT2D eigenvalue weighted by molar-refractivity contribution is 6.02. The molecule has 0 bridgehead atoms. The number of amides is 2. The summed E-state index contributed by atoms with van der Waals surface area (Å²) in [5, 5.41) is 2.52. The predicted octanol–water partition coefficient (Wildman–Crippen LogP) is 7.85. The number of hydrogen-bond donors (Lipinski definition) is 1. The first-order valence-electron chi connectivity index (χ1n) is 15.9. The molecule has 1 atom stereocenters. The standard InChI is InChI=1S/C35H45F3N2O6/c1-33(2,3)45-30(41)20-28(39-32(43)46-34(4,5)6)31(42)40-17-16-24-18-26(14-15-29(24)40)44-21-25-13-12-23(19-27(25)35(36,37)38)22-10-8-7-9-11-22/h12-15,18-19,22,28H,7-11,16-17,20-21H2,1-6H3,(H,39,43)/t28-/m1/s1. The number of alkyl carbamates (subject to hydrolysis) is 1. The van der Waals surface area contributed by atoms with Gasteiger partial charge in [-0.2, -0.15) is 13.2 Å². The highest BCUT2D eigenvalue weighted by Crippen LogP contribution is 2.39. The molecular weight excluding hydrogens is 601 g/mol. The zero-order valence-corrected chi connectivity index (χ0v) is 27.5. The van der Waals surface area contributed by atoms with Crippen molar-refractivity contribution >= 4 is 23.7 Å². The molecule has 0 aromatic heterocycles. The van der Waals surface area contributed by atoms with Crippen molar-refractivity contribution in [3.05, 3.63) is 58.7 Å². The molecule has 0 unspecified atom stereocenters. The Morgan fingerprint density at radius 3 is 2.22 bits per heavy atom. The van der Waals surface area contributed by atoms with Gasteiger partial charge in [-0.05, 0) is 102 Å². The van der Waals surface area contributed by atoms with E-state index in [2.05, 4.69) is 5.32 Å². The van der Waals surface area contributed by atoms with Crippen molar-refractivity contribution in [1.29, 1.82) is 0 Å². The average molecular weight is 647 g/mol. The maximum Gasteiger partial charge on any atom is 0.416 e. The quantitative estimate of drug-likeness (QED) is 0.294. The lowest BCUT2D eigenvalue weighted by Crippen LogP contribution is -2.50. The van der Waals surface area contributed by atoms with Crippen molar-refractivity contribution in [3.63, 3.8) is 0 Å². The Labute approximate surface area is 269 Å². The third-order valence-corrected chi connectivity index (χ3v) is 7.90. The summed E-state index contributed by atoms with van der Waals surface area (Å²) in [5.74, 6) is -0.656. The Hall–Kier alpha value is -3.76. The summed E-state index contributed by atoms with van der Waals surface area (Å²) in [6.07, 6.45) is -0.311. The number of fused-ring (bicyclic) bond motifs is 1. The van der Waals surface area contributed by atoms with Crippen LogP contribution in [0.5, 0.6) is 5.75 Å². The van der Waals surface area contributed by atoms with E-state index in [0.29, 0.717) is 17.9 Å². The molecule has 8 nitrogen and oxygen atoms in total. The van der Waals surface area contributed by atoms with Crippen LogP contribution in [0, 0.1) is 0 Å². The van der Waals surface area contributed by atoms with Gasteiger partial charge in [-0.15, -0.1) is 0 Å². The number of benzene rings is 2. The Bertz CT molecular complexity index is 1390. The van der Waals surface area contributed by atoms with E-state index < -0.39 is 53.4 Å². The minimum absolute atomic E-state index is 0.0579. The lowest BCUT2D eigenvalue weighted by molar-refractivity contribution is -0.156. The second-order valence-electron chi connectivity index (χ2n) is 14.1. The predicted molar refractivity (Wildman–Crippen MR) is 168 cm³/mol. The maximum atomic E-state index is 14.0. The molecule has 2 amide bonds. The summed E-state index contributed by atoms with van der Waals surface area (Å²) in [6, 6.07) is 8.29. The number of ether oxygens (including phenoxy) is 3. The van der Waals surface area contributed by atoms with Crippen LogP contribution in [-0.2, 0) is 38.3 Å². The SMILES string of the molecule is CC(C)(C)OC(=O)C[C@@H](NC(=O)OC(C)(C)C)C(=O)N1CCc2cc(OCc3ccc(C4CCCCC4)cc3C(F)(F)F)ccc21. The van der Waals surface area contributed by atoms with Crippen LogP contribution in [0.3, 0.4) is 0 Å². The average Bonchev–Trinajstić information content (AvgIpc) is 3.36. The molecule has 0 radical (unpaired) electrons. The van der Waals surface area contributed by atoms with Crippen LogP contribution in [-0.4, -0.2) is 41.8 Å². The minimum atomic E-state index is -4.51. The van der Waals surface area contributed by atoms with E-state index >= 15 is 0 Å². The van der Waals surface area contributed by atoms with E-state index in [4.69, 9.17) is 14.2 Å². The number of rotatable bonds is 8. The molecule has 2 aliphatic rings. The lowest BCUT2D eigenvalue weighted by Gasteiger charge is -2.27. The van der Waals surface area contributed by atoms with Crippen molar-refractivity contribution in [1.82, 2.24) is 5.32 Å². The van der Waals surface area contributed by atoms with Gasteiger partial charge < -0.3 is 24.4 Å². The molecule has 1 saturated carbocycles. The maximum absolute atomic E-state index is 14.0. The molecule has 2 aromatic rings. The minimum Gasteiger partial charge on any atom is -0.489 e. The van der Waals surface area contributed by atoms with E-state index in [0.717, 1.165) is 43.2 Å². The summed E-state index contributed by atoms with van der Waals surface area (Å²) in [6.45, 7) is 10.2. The number of nitrogens with one attached hydrogen (secondary N) is 1. The fourth-order valence-corrected chi connectivity index (χ4v) is 5.92. The number of anilines is 1. The normalized spacial score (nSPS) is 16.4. The van der Waals surface area contributed by atoms with Crippen molar-refractivity contribution < 1.29 is 41.8 Å². The molecule has 1 heterocycles. The molecule has 0 spiro atoms. The van der Waals surface area contributed by atoms with Crippen LogP contribution in [0.15, 0.2) is 36.4 Å². The van der Waals surface area contributed by atoms with Crippen molar-refractivity contribution in [2.45, 2.75) is 122 Å². The Morgan fingerprint density at radius 2 is 1.59 bits per heavy atom. The third-order valence-electron chi connectivity index (χ3n) is 7.90. The molecule has 46 heavy (non-hydrogen) atoms. The lowest BCUT2D eigenvalue weighted by atomic mass is 9.83. The first-order chi connectivity index (χ1) is 21.4. The van der Waals surface area contributed by atoms with Gasteiger partial charge >= 0.3 is 18.2 Å². The first kappa shape index (κ1) is 35.1. The summed E-state index contributed by atoms with van der Waals surface area (Å²) >= 11 is 0. The van der Waals surface area contributed by atoms with Gasteiger partial charge in [0.1, 0.15) is 29.6 Å². The second-order valence-corrected chi connectivity index (χ2v) is 14.1. The molecular formula is C35H45F3N2O6. The van der Waals surface area contributed by atoms with E-state index in [9.17, 15) is 27.6 Å². The molecule has 11 heteroatoms. The molecule has 1 aliphatic heterocycles. The summed E-state index contributed by atoms with van der Waals surface area (Å²) in [7, 11) is 0. The smallest absolute Gasteiger partial charge is 0.416 e. The van der Waals surface area contributed by atoms with E-state index in [1.54, 1.807) is 65.8 Å². The summed E-state index contributed by atoms with van der Waals surface area (Å²) in [4.78, 5) is 40.4. The van der Waals surface area contributed by atoms with Gasteiger partial charge in [0, 0.05) is 17.8 Å². The summed E-state index contributed by atoms with van der Waals surface area (Å²) in [5.41, 5.74) is -0.189. The van der Waals surface area contributed by atoms with Crippen molar-refractivity contribution in [2.75, 3.05) is 11.4 Å². The number of alkyl halides is 3. The fourth-order valence-electron chi connectivity index (χ4n) is 5.92. The highest BCUT2D eigenvalue weighted by Gasteiger charge is 2.36. The number of carbonyl (C=O) groups is 3. The highest BCUT2D eigenvalue weighted by atomic mass is 19.4. The number of halogens is 3. The van der Waals surface area contributed by atoms with Gasteiger partial charge in [-0.1, -0.05) is 31.4 Å². The molecule has 1 N–H and O–H groups in total. The molecule has 1 fully saturated rings. The van der Waals surface area contributed by atoms with Crippen molar-refractivity contribution in [2.24, 2.45) is 0 Å². The van der Waals surface area contributed by atoms with Crippen LogP contribution < -0.4 is 15.0 Å². The molecule has 4 rings (SSSR count). The number of nitrogens with zero attached hydrogens (tertiary/aromatic N) is 1. The Balaban J connectivity index is 1.48. The summed E-state index contributed by atoms with van der Waals surface area (Å²) < 4.78 is 58.7. The van der Waals surface area contributed by atoms with Gasteiger partial charge in [-0.25, -0.2) is 4.79 Å².